The predicted molar refractivity (Wildman–Crippen MR) is 114 cm³/mol. The summed E-state index contributed by atoms with van der Waals surface area (Å²) >= 11 is 0. The Labute approximate surface area is 173 Å². The second kappa shape index (κ2) is 10.6. The standard InChI is InChI=1S/C22H34N4O3/c1-17(2)15-20(25-11-13-29-14-12-25)16-23-22(28)24-19-7-5-18(6-8-19)21(27)26-9-3-4-10-26/h5-8,17,20H,3-4,9-16H2,1-2H3,(H2,23,24,28). The summed E-state index contributed by atoms with van der Waals surface area (Å²) in [7, 11) is 0. The van der Waals surface area contributed by atoms with Gasteiger partial charge in [0.15, 0.2) is 0 Å². The van der Waals surface area contributed by atoms with E-state index in [-0.39, 0.29) is 11.9 Å². The molecule has 160 valence electrons. The van der Waals surface area contributed by atoms with E-state index in [1.54, 1.807) is 24.3 Å². The minimum atomic E-state index is -0.217. The first-order valence-corrected chi connectivity index (χ1v) is 10.8. The van der Waals surface area contributed by atoms with Gasteiger partial charge in [0.25, 0.3) is 5.91 Å². The number of amides is 3. The molecular weight excluding hydrogens is 368 g/mol. The molecule has 0 aliphatic carbocycles. The zero-order valence-corrected chi connectivity index (χ0v) is 17.7. The number of carbonyl (C=O) groups excluding carboxylic acids is 2. The molecule has 0 bridgehead atoms. The van der Waals surface area contributed by atoms with Crippen LogP contribution in [0.1, 0.15) is 43.5 Å². The van der Waals surface area contributed by atoms with Crippen molar-refractivity contribution in [2.45, 2.75) is 39.2 Å². The average molecular weight is 403 g/mol. The zero-order valence-electron chi connectivity index (χ0n) is 17.7. The summed E-state index contributed by atoms with van der Waals surface area (Å²) in [4.78, 5) is 29.1. The number of hydrogen-bond acceptors (Lipinski definition) is 4. The number of benzene rings is 1. The van der Waals surface area contributed by atoms with Crippen molar-refractivity contribution >= 4 is 17.6 Å². The van der Waals surface area contributed by atoms with Gasteiger partial charge in [0.05, 0.1) is 13.2 Å². The summed E-state index contributed by atoms with van der Waals surface area (Å²) in [6.45, 7) is 10.0. The number of ether oxygens (including phenoxy) is 1. The molecule has 2 N–H and O–H groups in total. The van der Waals surface area contributed by atoms with Crippen molar-refractivity contribution in [2.75, 3.05) is 51.3 Å². The van der Waals surface area contributed by atoms with Crippen molar-refractivity contribution in [3.8, 4) is 0 Å². The van der Waals surface area contributed by atoms with Crippen LogP contribution in [-0.4, -0.2) is 73.7 Å². The summed E-state index contributed by atoms with van der Waals surface area (Å²) in [6.07, 6.45) is 3.19. The van der Waals surface area contributed by atoms with E-state index >= 15 is 0 Å². The number of hydrogen-bond donors (Lipinski definition) is 2. The number of nitrogens with zero attached hydrogens (tertiary/aromatic N) is 2. The molecule has 1 aromatic rings. The molecule has 0 aromatic heterocycles. The van der Waals surface area contributed by atoms with Gasteiger partial charge in [-0.05, 0) is 49.4 Å². The van der Waals surface area contributed by atoms with E-state index in [2.05, 4.69) is 29.4 Å². The molecule has 1 atom stereocenters. The second-order valence-corrected chi connectivity index (χ2v) is 8.34. The van der Waals surface area contributed by atoms with Crippen LogP contribution >= 0.6 is 0 Å². The summed E-state index contributed by atoms with van der Waals surface area (Å²) in [5.41, 5.74) is 1.36. The molecule has 1 unspecified atom stereocenters. The molecule has 3 amide bonds. The molecule has 2 fully saturated rings. The molecule has 3 rings (SSSR count). The number of carbonyl (C=O) groups is 2. The fraction of sp³-hybridized carbons (Fsp3) is 0.636. The van der Waals surface area contributed by atoms with Crippen molar-refractivity contribution in [2.24, 2.45) is 5.92 Å². The molecule has 2 aliphatic heterocycles. The van der Waals surface area contributed by atoms with Gasteiger partial charge in [-0.3, -0.25) is 9.69 Å². The summed E-state index contributed by atoms with van der Waals surface area (Å²) in [5, 5.41) is 5.88. The van der Waals surface area contributed by atoms with Crippen LogP contribution < -0.4 is 10.6 Å². The van der Waals surface area contributed by atoms with E-state index in [9.17, 15) is 9.59 Å². The number of nitrogens with one attached hydrogen (secondary N) is 2. The highest BCUT2D eigenvalue weighted by Crippen LogP contribution is 2.16. The molecule has 0 spiro atoms. The Morgan fingerprint density at radius 3 is 2.31 bits per heavy atom. The minimum Gasteiger partial charge on any atom is -0.379 e. The third-order valence-corrected chi connectivity index (χ3v) is 5.59. The van der Waals surface area contributed by atoms with Crippen LogP contribution in [0, 0.1) is 5.92 Å². The molecule has 7 heteroatoms. The van der Waals surface area contributed by atoms with Crippen molar-refractivity contribution in [3.63, 3.8) is 0 Å². The third kappa shape index (κ3) is 6.44. The molecule has 0 radical (unpaired) electrons. The van der Waals surface area contributed by atoms with Crippen molar-refractivity contribution < 1.29 is 14.3 Å². The Bertz CT molecular complexity index is 665. The largest absolute Gasteiger partial charge is 0.379 e. The van der Waals surface area contributed by atoms with Crippen LogP contribution in [0.2, 0.25) is 0 Å². The number of urea groups is 1. The number of anilines is 1. The lowest BCUT2D eigenvalue weighted by atomic mass is 10.0. The van der Waals surface area contributed by atoms with Crippen LogP contribution in [0.3, 0.4) is 0 Å². The second-order valence-electron chi connectivity index (χ2n) is 8.34. The van der Waals surface area contributed by atoms with E-state index in [0.717, 1.165) is 58.7 Å². The van der Waals surface area contributed by atoms with Crippen molar-refractivity contribution in [1.82, 2.24) is 15.1 Å². The van der Waals surface area contributed by atoms with Crippen LogP contribution in [0.5, 0.6) is 0 Å². The van der Waals surface area contributed by atoms with Crippen LogP contribution in [0.4, 0.5) is 10.5 Å². The smallest absolute Gasteiger partial charge is 0.319 e. The molecule has 2 aliphatic rings. The quantitative estimate of drug-likeness (QED) is 0.736. The van der Waals surface area contributed by atoms with Crippen LogP contribution in [0.15, 0.2) is 24.3 Å². The van der Waals surface area contributed by atoms with Gasteiger partial charge in [-0.2, -0.15) is 0 Å². The highest BCUT2D eigenvalue weighted by molar-refractivity contribution is 5.95. The van der Waals surface area contributed by atoms with Gasteiger partial charge in [-0.15, -0.1) is 0 Å². The van der Waals surface area contributed by atoms with Crippen LogP contribution in [0.25, 0.3) is 0 Å². The lowest BCUT2D eigenvalue weighted by molar-refractivity contribution is 0.0130. The first kappa shape index (κ1) is 21.6. The van der Waals surface area contributed by atoms with E-state index in [4.69, 9.17) is 4.74 Å². The van der Waals surface area contributed by atoms with Gasteiger partial charge in [0.1, 0.15) is 0 Å². The molecular formula is C22H34N4O3. The maximum atomic E-state index is 12.4. The highest BCUT2D eigenvalue weighted by Gasteiger charge is 2.23. The predicted octanol–water partition coefficient (Wildman–Crippen LogP) is 2.79. The van der Waals surface area contributed by atoms with Crippen molar-refractivity contribution in [1.29, 1.82) is 0 Å². The van der Waals surface area contributed by atoms with Gasteiger partial charge in [0.2, 0.25) is 0 Å². The first-order chi connectivity index (χ1) is 14.0. The third-order valence-electron chi connectivity index (χ3n) is 5.59. The minimum absolute atomic E-state index is 0.0699. The molecule has 29 heavy (non-hydrogen) atoms. The number of morpholine rings is 1. The average Bonchev–Trinajstić information content (AvgIpc) is 3.26. The maximum Gasteiger partial charge on any atom is 0.319 e. The SMILES string of the molecule is CC(C)CC(CNC(=O)Nc1ccc(C(=O)N2CCCC2)cc1)N1CCOCC1. The Hall–Kier alpha value is -2.12. The number of likely N-dealkylation sites (tertiary alicyclic amines) is 1. The topological polar surface area (TPSA) is 73.9 Å². The normalized spacial score (nSPS) is 18.7. The molecule has 0 saturated carbocycles. The fourth-order valence-electron chi connectivity index (χ4n) is 4.03. The Balaban J connectivity index is 1.49. The molecule has 2 saturated heterocycles. The van der Waals surface area contributed by atoms with E-state index < -0.39 is 0 Å². The van der Waals surface area contributed by atoms with Gasteiger partial charge >= 0.3 is 6.03 Å². The van der Waals surface area contributed by atoms with E-state index in [1.807, 2.05) is 4.90 Å². The zero-order chi connectivity index (χ0) is 20.6. The lowest BCUT2D eigenvalue weighted by Gasteiger charge is -2.35. The van der Waals surface area contributed by atoms with E-state index in [1.165, 1.54) is 0 Å². The van der Waals surface area contributed by atoms with Crippen LogP contribution in [-0.2, 0) is 4.74 Å². The Morgan fingerprint density at radius 2 is 1.69 bits per heavy atom. The highest BCUT2D eigenvalue weighted by atomic mass is 16.5. The van der Waals surface area contributed by atoms with Gasteiger partial charge in [-0.25, -0.2) is 4.79 Å². The summed E-state index contributed by atoms with van der Waals surface area (Å²) in [6, 6.07) is 7.24. The van der Waals surface area contributed by atoms with Gasteiger partial charge < -0.3 is 20.3 Å². The monoisotopic (exact) mass is 402 g/mol. The van der Waals surface area contributed by atoms with Gasteiger partial charge in [-0.1, -0.05) is 13.8 Å². The number of rotatable bonds is 7. The Morgan fingerprint density at radius 1 is 1.03 bits per heavy atom. The first-order valence-electron chi connectivity index (χ1n) is 10.8. The van der Waals surface area contributed by atoms with Gasteiger partial charge in [0, 0.05) is 50.0 Å². The molecule has 7 nitrogen and oxygen atoms in total. The van der Waals surface area contributed by atoms with Crippen molar-refractivity contribution in [3.05, 3.63) is 29.8 Å². The molecule has 1 aromatic carbocycles. The molecule has 2 heterocycles. The van der Waals surface area contributed by atoms with E-state index in [0.29, 0.717) is 29.8 Å². The Kier molecular flexibility index (Phi) is 7.89. The summed E-state index contributed by atoms with van der Waals surface area (Å²) < 4.78 is 5.45. The summed E-state index contributed by atoms with van der Waals surface area (Å²) in [5.74, 6) is 0.633. The fourth-order valence-corrected chi connectivity index (χ4v) is 4.03. The maximum absolute atomic E-state index is 12.4. The lowest BCUT2D eigenvalue weighted by Crippen LogP contribution is -2.49.